The highest BCUT2D eigenvalue weighted by atomic mass is 16.6. The summed E-state index contributed by atoms with van der Waals surface area (Å²) in [4.78, 5) is 13.1. The number of fused-ring (bicyclic) bond motifs is 1. The summed E-state index contributed by atoms with van der Waals surface area (Å²) in [5, 5.41) is 42.7. The zero-order valence-electron chi connectivity index (χ0n) is 16.3. The molecule has 2 aliphatic rings. The van der Waals surface area contributed by atoms with Crippen LogP contribution in [0.5, 0.6) is 0 Å². The highest BCUT2D eigenvalue weighted by Crippen LogP contribution is 2.33. The van der Waals surface area contributed by atoms with Crippen LogP contribution in [0, 0.1) is 5.92 Å². The van der Waals surface area contributed by atoms with Gasteiger partial charge < -0.3 is 30.5 Å². The van der Waals surface area contributed by atoms with Crippen molar-refractivity contribution in [3.8, 4) is 0 Å². The normalized spacial score (nSPS) is 29.4. The van der Waals surface area contributed by atoms with E-state index in [1.807, 2.05) is 0 Å². The molecule has 5 N–H and O–H groups in total. The van der Waals surface area contributed by atoms with Crippen LogP contribution >= 0.6 is 0 Å². The maximum Gasteiger partial charge on any atom is 0.167 e. The van der Waals surface area contributed by atoms with Crippen molar-refractivity contribution >= 4 is 17.0 Å². The smallest absolute Gasteiger partial charge is 0.167 e. The van der Waals surface area contributed by atoms with Crippen molar-refractivity contribution in [2.75, 3.05) is 18.5 Å². The molecule has 0 radical (unpaired) electrons. The number of anilines is 1. The first kappa shape index (κ1) is 20.4. The summed E-state index contributed by atoms with van der Waals surface area (Å²) >= 11 is 0. The van der Waals surface area contributed by atoms with Gasteiger partial charge in [0.25, 0.3) is 0 Å². The molecule has 160 valence electrons. The second-order valence-corrected chi connectivity index (χ2v) is 7.94. The number of aliphatic hydroxyl groups is 4. The molecule has 1 saturated heterocycles. The van der Waals surface area contributed by atoms with E-state index in [1.165, 1.54) is 31.9 Å². The Kier molecular flexibility index (Phi) is 6.26. The van der Waals surface area contributed by atoms with E-state index in [0.717, 1.165) is 12.8 Å². The minimum Gasteiger partial charge on any atom is -0.396 e. The fraction of sp³-hybridized carbons (Fsp3) is 0.737. The summed E-state index contributed by atoms with van der Waals surface area (Å²) in [5.74, 6) is 1.05. The number of hydrogen-bond acceptors (Lipinski definition) is 9. The highest BCUT2D eigenvalue weighted by molar-refractivity contribution is 5.82. The first-order valence-corrected chi connectivity index (χ1v) is 10.3. The molecule has 10 heteroatoms. The average molecular weight is 407 g/mol. The standard InChI is InChI=1S/C19H29N5O5/c25-7-6-12(11-4-2-1-3-5-11)23-17-14-18(21-9-20-17)24(10-22-14)19-16(28)15(27)13(8-26)29-19/h9-13,15-16,19,25-28H,1-8H2,(H,20,21,23)/t12?,13-,15-,16-,19-/m1/s1. The maximum atomic E-state index is 10.3. The van der Waals surface area contributed by atoms with Crippen molar-refractivity contribution in [1.82, 2.24) is 19.5 Å². The van der Waals surface area contributed by atoms with Crippen molar-refractivity contribution in [2.45, 2.75) is 69.1 Å². The Balaban J connectivity index is 1.60. The van der Waals surface area contributed by atoms with Crippen LogP contribution in [0.25, 0.3) is 11.2 Å². The molecule has 2 fully saturated rings. The summed E-state index contributed by atoms with van der Waals surface area (Å²) in [7, 11) is 0. The lowest BCUT2D eigenvalue weighted by Gasteiger charge is -2.31. The molecular formula is C19H29N5O5. The van der Waals surface area contributed by atoms with Crippen LogP contribution in [-0.4, -0.2) is 77.5 Å². The highest BCUT2D eigenvalue weighted by Gasteiger charge is 2.44. The van der Waals surface area contributed by atoms with E-state index in [1.54, 1.807) is 4.57 Å². The van der Waals surface area contributed by atoms with Gasteiger partial charge in [-0.05, 0) is 25.2 Å². The third kappa shape index (κ3) is 3.95. The lowest BCUT2D eigenvalue weighted by Crippen LogP contribution is -2.33. The number of hydrogen-bond donors (Lipinski definition) is 5. The SMILES string of the molecule is OCCC(Nc1ncnc2c1ncn2[C@@H]1O[C@H](CO)[C@@H](O)[C@H]1O)C1CCCCC1. The molecule has 0 spiro atoms. The third-order valence-corrected chi connectivity index (χ3v) is 6.13. The predicted molar refractivity (Wildman–Crippen MR) is 104 cm³/mol. The summed E-state index contributed by atoms with van der Waals surface area (Å²) in [6, 6.07) is 0.0949. The first-order chi connectivity index (χ1) is 14.1. The number of aromatic nitrogens is 4. The zero-order chi connectivity index (χ0) is 20.4. The van der Waals surface area contributed by atoms with E-state index in [4.69, 9.17) is 4.74 Å². The molecule has 0 bridgehead atoms. The molecule has 2 aromatic rings. The Labute approximate surface area is 168 Å². The molecule has 10 nitrogen and oxygen atoms in total. The van der Waals surface area contributed by atoms with Crippen LogP contribution in [0.4, 0.5) is 5.82 Å². The summed E-state index contributed by atoms with van der Waals surface area (Å²) in [6.45, 7) is -0.299. The summed E-state index contributed by atoms with van der Waals surface area (Å²) in [5.41, 5.74) is 0.993. The number of aliphatic hydroxyl groups excluding tert-OH is 4. The molecule has 1 saturated carbocycles. The molecule has 0 aromatic carbocycles. The van der Waals surface area contributed by atoms with E-state index < -0.39 is 31.1 Å². The van der Waals surface area contributed by atoms with Gasteiger partial charge >= 0.3 is 0 Å². The van der Waals surface area contributed by atoms with E-state index >= 15 is 0 Å². The fourth-order valence-electron chi connectivity index (χ4n) is 4.53. The van der Waals surface area contributed by atoms with E-state index in [0.29, 0.717) is 29.3 Å². The van der Waals surface area contributed by atoms with Crippen LogP contribution in [-0.2, 0) is 4.74 Å². The van der Waals surface area contributed by atoms with Crippen LogP contribution in [0.15, 0.2) is 12.7 Å². The Morgan fingerprint density at radius 1 is 1.10 bits per heavy atom. The minimum atomic E-state index is -1.21. The first-order valence-electron chi connectivity index (χ1n) is 10.3. The van der Waals surface area contributed by atoms with Gasteiger partial charge in [-0.15, -0.1) is 0 Å². The maximum absolute atomic E-state index is 10.3. The van der Waals surface area contributed by atoms with Gasteiger partial charge in [-0.3, -0.25) is 4.57 Å². The summed E-state index contributed by atoms with van der Waals surface area (Å²) in [6.07, 6.45) is 5.29. The van der Waals surface area contributed by atoms with E-state index in [-0.39, 0.29) is 12.6 Å². The molecule has 1 aliphatic heterocycles. The largest absolute Gasteiger partial charge is 0.396 e. The molecule has 29 heavy (non-hydrogen) atoms. The van der Waals surface area contributed by atoms with Crippen molar-refractivity contribution in [3.63, 3.8) is 0 Å². The van der Waals surface area contributed by atoms with Gasteiger partial charge in [0.05, 0.1) is 12.9 Å². The topological polar surface area (TPSA) is 146 Å². The molecule has 4 rings (SSSR count). The van der Waals surface area contributed by atoms with Crippen molar-refractivity contribution in [1.29, 1.82) is 0 Å². The molecule has 1 aliphatic carbocycles. The van der Waals surface area contributed by atoms with Gasteiger partial charge in [-0.25, -0.2) is 15.0 Å². The van der Waals surface area contributed by atoms with Gasteiger partial charge in [0.15, 0.2) is 23.2 Å². The van der Waals surface area contributed by atoms with E-state index in [9.17, 15) is 20.4 Å². The lowest BCUT2D eigenvalue weighted by molar-refractivity contribution is -0.0511. The second kappa shape index (κ2) is 8.88. The molecule has 5 atom stereocenters. The fourth-order valence-corrected chi connectivity index (χ4v) is 4.53. The number of rotatable bonds is 7. The number of nitrogens with zero attached hydrogens (tertiary/aromatic N) is 4. The van der Waals surface area contributed by atoms with Crippen LogP contribution < -0.4 is 5.32 Å². The third-order valence-electron chi connectivity index (χ3n) is 6.13. The monoisotopic (exact) mass is 407 g/mol. The average Bonchev–Trinajstić information content (AvgIpc) is 3.30. The lowest BCUT2D eigenvalue weighted by atomic mass is 9.83. The van der Waals surface area contributed by atoms with Crippen molar-refractivity contribution < 1.29 is 25.2 Å². The van der Waals surface area contributed by atoms with Gasteiger partial charge in [-0.1, -0.05) is 19.3 Å². The van der Waals surface area contributed by atoms with Gasteiger partial charge in [-0.2, -0.15) is 0 Å². The minimum absolute atomic E-state index is 0.0949. The van der Waals surface area contributed by atoms with Crippen molar-refractivity contribution in [2.24, 2.45) is 5.92 Å². The Morgan fingerprint density at radius 3 is 2.59 bits per heavy atom. The van der Waals surface area contributed by atoms with Crippen LogP contribution in [0.1, 0.15) is 44.8 Å². The quantitative estimate of drug-likeness (QED) is 0.434. The number of imidazole rings is 1. The predicted octanol–water partition coefficient (Wildman–Crippen LogP) is 0.181. The molecule has 2 aromatic heterocycles. The van der Waals surface area contributed by atoms with Crippen LogP contribution in [0.3, 0.4) is 0 Å². The number of nitrogens with one attached hydrogen (secondary N) is 1. The molecular weight excluding hydrogens is 378 g/mol. The Hall–Kier alpha value is -1.85. The molecule has 1 unspecified atom stereocenters. The Morgan fingerprint density at radius 2 is 1.90 bits per heavy atom. The summed E-state index contributed by atoms with van der Waals surface area (Å²) < 4.78 is 7.15. The molecule has 3 heterocycles. The zero-order valence-corrected chi connectivity index (χ0v) is 16.3. The molecule has 0 amide bonds. The van der Waals surface area contributed by atoms with E-state index in [2.05, 4.69) is 20.3 Å². The van der Waals surface area contributed by atoms with Gasteiger partial charge in [0.1, 0.15) is 24.6 Å². The Bertz CT molecular complexity index is 811. The number of ether oxygens (including phenoxy) is 1. The second-order valence-electron chi connectivity index (χ2n) is 7.94. The van der Waals surface area contributed by atoms with Gasteiger partial charge in [0.2, 0.25) is 0 Å². The van der Waals surface area contributed by atoms with Gasteiger partial charge in [0, 0.05) is 12.6 Å². The van der Waals surface area contributed by atoms with Crippen molar-refractivity contribution in [3.05, 3.63) is 12.7 Å². The van der Waals surface area contributed by atoms with Crippen LogP contribution in [0.2, 0.25) is 0 Å².